The largest absolute Gasteiger partial charge is 0.490 e. The predicted octanol–water partition coefficient (Wildman–Crippen LogP) is 6.08. The molecule has 3 aromatic carbocycles. The number of halogens is 1. The molecule has 5 rings (SSSR count). The van der Waals surface area contributed by atoms with Gasteiger partial charge in [-0.2, -0.15) is 15.1 Å². The number of amides is 1. The molecule has 0 radical (unpaired) electrons. The lowest BCUT2D eigenvalue weighted by atomic mass is 10.1. The number of benzene rings is 3. The van der Waals surface area contributed by atoms with Crippen molar-refractivity contribution in [2.45, 2.75) is 13.8 Å². The molecule has 1 N–H and O–H groups in total. The van der Waals surface area contributed by atoms with E-state index in [-0.39, 0.29) is 11.4 Å². The molecule has 0 saturated carbocycles. The highest BCUT2D eigenvalue weighted by Crippen LogP contribution is 2.31. The van der Waals surface area contributed by atoms with Crippen molar-refractivity contribution in [2.75, 3.05) is 13.2 Å². The first kappa shape index (κ1) is 24.8. The summed E-state index contributed by atoms with van der Waals surface area (Å²) < 4.78 is 11.6. The van der Waals surface area contributed by atoms with E-state index in [9.17, 15) is 4.79 Å². The van der Waals surface area contributed by atoms with Crippen LogP contribution in [0.2, 0.25) is 5.02 Å². The Morgan fingerprint density at radius 3 is 2.46 bits per heavy atom. The Hall–Kier alpha value is -3.88. The molecular weight excluding hydrogens is 508 g/mol. The highest BCUT2D eigenvalue weighted by atomic mass is 35.5. The van der Waals surface area contributed by atoms with Gasteiger partial charge in [-0.25, -0.2) is 0 Å². The lowest BCUT2D eigenvalue weighted by molar-refractivity contribution is -0.114. The second-order valence-electron chi connectivity index (χ2n) is 8.47. The van der Waals surface area contributed by atoms with E-state index < -0.39 is 5.91 Å². The number of hydrogen-bond acceptors (Lipinski definition) is 6. The quantitative estimate of drug-likeness (QED) is 0.295. The molecule has 2 aliphatic rings. The third kappa shape index (κ3) is 5.60. The average molecular weight is 531 g/mol. The average Bonchev–Trinajstić information content (AvgIpc) is 3.31. The van der Waals surface area contributed by atoms with Gasteiger partial charge in [0, 0.05) is 10.6 Å². The molecule has 2 aliphatic heterocycles. The molecule has 0 bridgehead atoms. The number of carbonyl (C=O) groups excluding carboxylic acids is 1. The summed E-state index contributed by atoms with van der Waals surface area (Å²) in [6, 6.07) is 20.7. The SMILES string of the molecule is Cc1ccc(C2=NN3C(=N)/C(=C/c4cccc(OCCOc5ccc(Cl)c(C)c5)c4)C(=O)N=C3S2)cc1. The number of ether oxygens (including phenoxy) is 2. The fourth-order valence-electron chi connectivity index (χ4n) is 3.69. The number of hydrazone groups is 1. The number of nitrogens with zero attached hydrogens (tertiary/aromatic N) is 3. The van der Waals surface area contributed by atoms with E-state index in [1.165, 1.54) is 16.8 Å². The first-order valence-corrected chi connectivity index (χ1v) is 12.8. The summed E-state index contributed by atoms with van der Waals surface area (Å²) in [5.41, 5.74) is 3.89. The number of thioether (sulfide) groups is 1. The number of fused-ring (bicyclic) bond motifs is 1. The van der Waals surface area contributed by atoms with Gasteiger partial charge in [0.1, 0.15) is 29.8 Å². The van der Waals surface area contributed by atoms with Gasteiger partial charge in [-0.05, 0) is 73.1 Å². The molecule has 0 aromatic heterocycles. The minimum absolute atomic E-state index is 0.0115. The van der Waals surface area contributed by atoms with Gasteiger partial charge in [0.05, 0.1) is 5.57 Å². The number of amidine groups is 2. The highest BCUT2D eigenvalue weighted by Gasteiger charge is 2.36. The number of rotatable bonds is 7. The Balaban J connectivity index is 1.25. The smallest absolute Gasteiger partial charge is 0.283 e. The molecule has 0 spiro atoms. The zero-order chi connectivity index (χ0) is 25.9. The summed E-state index contributed by atoms with van der Waals surface area (Å²) in [6.45, 7) is 4.64. The second kappa shape index (κ2) is 10.6. The maximum Gasteiger partial charge on any atom is 0.283 e. The van der Waals surface area contributed by atoms with Gasteiger partial charge in [0.15, 0.2) is 5.84 Å². The van der Waals surface area contributed by atoms with E-state index in [1.807, 2.05) is 68.4 Å². The summed E-state index contributed by atoms with van der Waals surface area (Å²) in [5, 5.41) is 16.3. The molecule has 37 heavy (non-hydrogen) atoms. The van der Waals surface area contributed by atoms with Crippen LogP contribution < -0.4 is 9.47 Å². The maximum atomic E-state index is 12.8. The molecule has 2 heterocycles. The molecule has 186 valence electrons. The number of nitrogens with one attached hydrogen (secondary N) is 1. The van der Waals surface area contributed by atoms with E-state index >= 15 is 0 Å². The standard InChI is InChI=1S/C28H23ClN4O3S/c1-17-6-8-20(9-7-17)27-32-33-25(30)23(26(34)31-28(33)37-27)16-19-4-3-5-21(15-19)35-12-13-36-22-10-11-24(29)18(2)14-22/h3-11,14-16,30H,12-13H2,1-2H3/b23-16-,30-25?. The van der Waals surface area contributed by atoms with Gasteiger partial charge in [-0.15, -0.1) is 0 Å². The van der Waals surface area contributed by atoms with Gasteiger partial charge in [-0.3, -0.25) is 10.2 Å². The van der Waals surface area contributed by atoms with Gasteiger partial charge in [-0.1, -0.05) is 53.6 Å². The Bertz CT molecular complexity index is 1480. The van der Waals surface area contributed by atoms with Crippen molar-refractivity contribution in [3.8, 4) is 11.5 Å². The third-order valence-electron chi connectivity index (χ3n) is 5.67. The number of carbonyl (C=O) groups is 1. The number of aliphatic imine (C=N–C) groups is 1. The second-order valence-corrected chi connectivity index (χ2v) is 9.83. The van der Waals surface area contributed by atoms with E-state index in [4.69, 9.17) is 26.5 Å². The van der Waals surface area contributed by atoms with Crippen LogP contribution in [0.1, 0.15) is 22.3 Å². The van der Waals surface area contributed by atoms with Crippen molar-refractivity contribution in [3.05, 3.63) is 99.6 Å². The number of hydrogen-bond donors (Lipinski definition) is 1. The third-order valence-corrected chi connectivity index (χ3v) is 7.05. The summed E-state index contributed by atoms with van der Waals surface area (Å²) in [6.07, 6.45) is 1.63. The van der Waals surface area contributed by atoms with Crippen LogP contribution in [0.15, 0.2) is 82.4 Å². The van der Waals surface area contributed by atoms with Crippen molar-refractivity contribution in [2.24, 2.45) is 10.1 Å². The first-order chi connectivity index (χ1) is 17.9. The van der Waals surface area contributed by atoms with Crippen LogP contribution in [0.5, 0.6) is 11.5 Å². The van der Waals surface area contributed by atoms with E-state index in [1.54, 1.807) is 18.2 Å². The van der Waals surface area contributed by atoms with Crippen LogP contribution in [0.25, 0.3) is 6.08 Å². The lowest BCUT2D eigenvalue weighted by Crippen LogP contribution is -2.35. The Morgan fingerprint density at radius 2 is 1.73 bits per heavy atom. The maximum absolute atomic E-state index is 12.8. The fraction of sp³-hybridized carbons (Fsp3) is 0.143. The molecular formula is C28H23ClN4O3S. The molecule has 9 heteroatoms. The molecule has 0 unspecified atom stereocenters. The summed E-state index contributed by atoms with van der Waals surface area (Å²) in [5.74, 6) is 0.872. The summed E-state index contributed by atoms with van der Waals surface area (Å²) in [7, 11) is 0. The van der Waals surface area contributed by atoms with Crippen LogP contribution in [0.3, 0.4) is 0 Å². The van der Waals surface area contributed by atoms with E-state index in [0.29, 0.717) is 39.8 Å². The Kier molecular flexibility index (Phi) is 7.12. The normalized spacial score (nSPS) is 16.0. The Morgan fingerprint density at radius 1 is 1.00 bits per heavy atom. The summed E-state index contributed by atoms with van der Waals surface area (Å²) in [4.78, 5) is 16.9. The van der Waals surface area contributed by atoms with Crippen LogP contribution >= 0.6 is 23.4 Å². The van der Waals surface area contributed by atoms with Crippen LogP contribution in [-0.4, -0.2) is 40.2 Å². The molecule has 0 atom stereocenters. The molecule has 0 aliphatic carbocycles. The van der Waals surface area contributed by atoms with Crippen LogP contribution in [-0.2, 0) is 4.79 Å². The minimum Gasteiger partial charge on any atom is -0.490 e. The van der Waals surface area contributed by atoms with Crippen LogP contribution in [0.4, 0.5) is 0 Å². The monoisotopic (exact) mass is 530 g/mol. The molecule has 0 fully saturated rings. The van der Waals surface area contributed by atoms with Gasteiger partial charge in [0.2, 0.25) is 5.17 Å². The van der Waals surface area contributed by atoms with Crippen molar-refractivity contribution in [3.63, 3.8) is 0 Å². The summed E-state index contributed by atoms with van der Waals surface area (Å²) >= 11 is 7.33. The van der Waals surface area contributed by atoms with Crippen LogP contribution in [0, 0.1) is 19.3 Å². The number of aryl methyl sites for hydroxylation is 2. The van der Waals surface area contributed by atoms with Crippen molar-refractivity contribution < 1.29 is 14.3 Å². The zero-order valence-electron chi connectivity index (χ0n) is 20.2. The van der Waals surface area contributed by atoms with Gasteiger partial charge in [0.25, 0.3) is 5.91 Å². The minimum atomic E-state index is -0.470. The van der Waals surface area contributed by atoms with Gasteiger partial charge < -0.3 is 9.47 Å². The van der Waals surface area contributed by atoms with Crippen molar-refractivity contribution in [1.82, 2.24) is 5.01 Å². The first-order valence-electron chi connectivity index (χ1n) is 11.6. The predicted molar refractivity (Wildman–Crippen MR) is 149 cm³/mol. The Labute approximate surface area is 224 Å². The molecule has 3 aromatic rings. The van der Waals surface area contributed by atoms with Crippen molar-refractivity contribution >= 4 is 51.4 Å². The van der Waals surface area contributed by atoms with E-state index in [2.05, 4.69) is 10.1 Å². The molecule has 1 amide bonds. The lowest BCUT2D eigenvalue weighted by Gasteiger charge is -2.20. The van der Waals surface area contributed by atoms with Crippen molar-refractivity contribution in [1.29, 1.82) is 5.41 Å². The topological polar surface area (TPSA) is 87.3 Å². The fourth-order valence-corrected chi connectivity index (χ4v) is 4.71. The van der Waals surface area contributed by atoms with Gasteiger partial charge >= 0.3 is 0 Å². The molecule has 0 saturated heterocycles. The molecule has 7 nitrogen and oxygen atoms in total. The highest BCUT2D eigenvalue weighted by molar-refractivity contribution is 8.27. The van der Waals surface area contributed by atoms with E-state index in [0.717, 1.165) is 22.4 Å². The zero-order valence-corrected chi connectivity index (χ0v) is 21.8.